The molecule has 0 saturated carbocycles. The lowest BCUT2D eigenvalue weighted by molar-refractivity contribution is 0.331. The molecule has 0 aromatic heterocycles. The van der Waals surface area contributed by atoms with Crippen LogP contribution in [0.1, 0.15) is 38.7 Å². The summed E-state index contributed by atoms with van der Waals surface area (Å²) in [5.41, 5.74) is 3.28. The maximum atomic E-state index is 3.83. The molecule has 2 nitrogen and oxygen atoms in total. The Morgan fingerprint density at radius 1 is 1.24 bits per heavy atom. The second-order valence-electron chi connectivity index (χ2n) is 7.37. The zero-order chi connectivity index (χ0) is 14.7. The maximum Gasteiger partial charge on any atom is 0.0388 e. The quantitative estimate of drug-likeness (QED) is 0.896. The van der Waals surface area contributed by atoms with Crippen molar-refractivity contribution in [2.24, 2.45) is 5.41 Å². The van der Waals surface area contributed by atoms with Crippen LogP contribution >= 0.6 is 11.8 Å². The minimum atomic E-state index is 0.463. The van der Waals surface area contributed by atoms with Gasteiger partial charge in [0.25, 0.3) is 0 Å². The predicted octanol–water partition coefficient (Wildman–Crippen LogP) is 4.23. The summed E-state index contributed by atoms with van der Waals surface area (Å²) in [5, 5.41) is 3.83. The molecular formula is C18H28N2S. The number of hydrogen-bond donors (Lipinski definition) is 1. The van der Waals surface area contributed by atoms with Gasteiger partial charge >= 0.3 is 0 Å². The lowest BCUT2D eigenvalue weighted by atomic mass is 9.87. The number of thioether (sulfide) groups is 1. The molecule has 2 heterocycles. The number of hydrogen-bond acceptors (Lipinski definition) is 3. The Morgan fingerprint density at radius 3 is 2.76 bits per heavy atom. The van der Waals surface area contributed by atoms with Crippen LogP contribution in [0.5, 0.6) is 0 Å². The molecule has 1 aromatic carbocycles. The van der Waals surface area contributed by atoms with Crippen LogP contribution in [0.4, 0.5) is 5.69 Å². The molecule has 0 bridgehead atoms. The van der Waals surface area contributed by atoms with Gasteiger partial charge in [0, 0.05) is 24.0 Å². The zero-order valence-corrected chi connectivity index (χ0v) is 14.2. The Bertz CT molecular complexity index is 466. The lowest BCUT2D eigenvalue weighted by Gasteiger charge is -2.36. The fourth-order valence-electron chi connectivity index (χ4n) is 3.56. The molecule has 1 N–H and O–H groups in total. The number of rotatable bonds is 4. The molecule has 0 spiro atoms. The van der Waals surface area contributed by atoms with Gasteiger partial charge in [-0.15, -0.1) is 0 Å². The Kier molecular flexibility index (Phi) is 4.80. The van der Waals surface area contributed by atoms with Crippen molar-refractivity contribution >= 4 is 17.4 Å². The average molecular weight is 305 g/mol. The van der Waals surface area contributed by atoms with Crippen molar-refractivity contribution in [3.8, 4) is 0 Å². The molecule has 1 unspecified atom stereocenters. The second kappa shape index (κ2) is 6.62. The summed E-state index contributed by atoms with van der Waals surface area (Å²) < 4.78 is 0. The summed E-state index contributed by atoms with van der Waals surface area (Å²) >= 11 is 2.10. The first-order valence-electron chi connectivity index (χ1n) is 8.27. The summed E-state index contributed by atoms with van der Waals surface area (Å²) in [4.78, 5) is 2.58. The van der Waals surface area contributed by atoms with Crippen LogP contribution in [0, 0.1) is 5.41 Å². The summed E-state index contributed by atoms with van der Waals surface area (Å²) in [5.74, 6) is 2.53. The summed E-state index contributed by atoms with van der Waals surface area (Å²) in [6.07, 6.45) is 4.00. The van der Waals surface area contributed by atoms with E-state index < -0.39 is 0 Å². The van der Waals surface area contributed by atoms with Crippen molar-refractivity contribution in [3.05, 3.63) is 29.8 Å². The van der Waals surface area contributed by atoms with Crippen molar-refractivity contribution in [1.82, 2.24) is 4.90 Å². The predicted molar refractivity (Wildman–Crippen MR) is 94.1 cm³/mol. The molecule has 2 fully saturated rings. The molecule has 116 valence electrons. The van der Waals surface area contributed by atoms with E-state index in [1.165, 1.54) is 55.1 Å². The van der Waals surface area contributed by atoms with E-state index in [0.717, 1.165) is 6.54 Å². The smallest absolute Gasteiger partial charge is 0.0388 e. The zero-order valence-electron chi connectivity index (χ0n) is 13.4. The Morgan fingerprint density at radius 2 is 2.00 bits per heavy atom. The standard InChI is InChI=1S/C18H28N2S/c1-18(2)11-16(13-21-14-18)19-17-8-4-3-7-15(17)12-20-9-5-6-10-20/h3-4,7-8,16,19H,5-6,9-14H2,1-2H3. The van der Waals surface area contributed by atoms with Crippen molar-refractivity contribution in [3.63, 3.8) is 0 Å². The Balaban J connectivity index is 1.67. The Labute approximate surface area is 133 Å². The molecule has 3 rings (SSSR count). The van der Waals surface area contributed by atoms with E-state index in [9.17, 15) is 0 Å². The largest absolute Gasteiger partial charge is 0.381 e. The molecule has 0 radical (unpaired) electrons. The fourth-order valence-corrected chi connectivity index (χ4v) is 4.83. The SMILES string of the molecule is CC1(C)CSCC(Nc2ccccc2CN2CCCC2)C1. The highest BCUT2D eigenvalue weighted by atomic mass is 32.2. The van der Waals surface area contributed by atoms with Gasteiger partial charge in [-0.3, -0.25) is 4.90 Å². The topological polar surface area (TPSA) is 15.3 Å². The van der Waals surface area contributed by atoms with Gasteiger partial charge in [-0.05, 0) is 55.1 Å². The van der Waals surface area contributed by atoms with E-state index in [1.807, 2.05) is 0 Å². The first-order chi connectivity index (χ1) is 10.1. The molecule has 1 aromatic rings. The number of benzene rings is 1. The maximum absolute atomic E-state index is 3.83. The van der Waals surface area contributed by atoms with Gasteiger partial charge in [0.1, 0.15) is 0 Å². The third-order valence-corrected chi connectivity index (χ3v) is 6.20. The van der Waals surface area contributed by atoms with Gasteiger partial charge in [0.15, 0.2) is 0 Å². The van der Waals surface area contributed by atoms with Crippen LogP contribution in [-0.4, -0.2) is 35.5 Å². The molecule has 2 aliphatic rings. The number of nitrogens with zero attached hydrogens (tertiary/aromatic N) is 1. The molecular weight excluding hydrogens is 276 g/mol. The van der Waals surface area contributed by atoms with E-state index in [4.69, 9.17) is 0 Å². The molecule has 0 aliphatic carbocycles. The van der Waals surface area contributed by atoms with Gasteiger partial charge in [-0.25, -0.2) is 0 Å². The van der Waals surface area contributed by atoms with Crippen molar-refractivity contribution in [1.29, 1.82) is 0 Å². The lowest BCUT2D eigenvalue weighted by Crippen LogP contribution is -2.35. The minimum absolute atomic E-state index is 0.463. The third kappa shape index (κ3) is 4.17. The van der Waals surface area contributed by atoms with E-state index in [-0.39, 0.29) is 0 Å². The molecule has 2 saturated heterocycles. The number of nitrogens with one attached hydrogen (secondary N) is 1. The summed E-state index contributed by atoms with van der Waals surface area (Å²) in [6.45, 7) is 8.42. The van der Waals surface area contributed by atoms with Gasteiger partial charge in [-0.2, -0.15) is 11.8 Å². The van der Waals surface area contributed by atoms with Gasteiger partial charge in [0.05, 0.1) is 0 Å². The van der Waals surface area contributed by atoms with Crippen LogP contribution < -0.4 is 5.32 Å². The molecule has 3 heteroatoms. The molecule has 21 heavy (non-hydrogen) atoms. The molecule has 1 atom stereocenters. The van der Waals surface area contributed by atoms with Gasteiger partial charge < -0.3 is 5.32 Å². The minimum Gasteiger partial charge on any atom is -0.381 e. The molecule has 0 amide bonds. The summed E-state index contributed by atoms with van der Waals surface area (Å²) in [7, 11) is 0. The first kappa shape index (κ1) is 15.2. The van der Waals surface area contributed by atoms with Crippen molar-refractivity contribution in [2.75, 3.05) is 29.9 Å². The normalized spacial score (nSPS) is 25.9. The average Bonchev–Trinajstić information content (AvgIpc) is 2.93. The summed E-state index contributed by atoms with van der Waals surface area (Å²) in [6, 6.07) is 9.51. The highest BCUT2D eigenvalue weighted by Crippen LogP contribution is 2.35. The van der Waals surface area contributed by atoms with Crippen LogP contribution in [0.25, 0.3) is 0 Å². The fraction of sp³-hybridized carbons (Fsp3) is 0.667. The molecule has 2 aliphatic heterocycles. The van der Waals surface area contributed by atoms with E-state index in [2.05, 4.69) is 60.1 Å². The number of anilines is 1. The third-order valence-electron chi connectivity index (χ3n) is 4.58. The van der Waals surface area contributed by atoms with Crippen LogP contribution in [0.15, 0.2) is 24.3 Å². The van der Waals surface area contributed by atoms with Crippen LogP contribution in [-0.2, 0) is 6.54 Å². The van der Waals surface area contributed by atoms with E-state index >= 15 is 0 Å². The number of likely N-dealkylation sites (tertiary alicyclic amines) is 1. The van der Waals surface area contributed by atoms with Crippen molar-refractivity contribution < 1.29 is 0 Å². The van der Waals surface area contributed by atoms with Crippen LogP contribution in [0.3, 0.4) is 0 Å². The van der Waals surface area contributed by atoms with E-state index in [1.54, 1.807) is 0 Å². The van der Waals surface area contributed by atoms with Gasteiger partial charge in [0.2, 0.25) is 0 Å². The highest BCUT2D eigenvalue weighted by Gasteiger charge is 2.28. The van der Waals surface area contributed by atoms with E-state index in [0.29, 0.717) is 11.5 Å². The second-order valence-corrected chi connectivity index (χ2v) is 8.40. The van der Waals surface area contributed by atoms with Gasteiger partial charge in [-0.1, -0.05) is 32.0 Å². The Hall–Kier alpha value is -0.670. The first-order valence-corrected chi connectivity index (χ1v) is 9.42. The number of para-hydroxylation sites is 1. The monoisotopic (exact) mass is 304 g/mol. The van der Waals surface area contributed by atoms with Crippen molar-refractivity contribution in [2.45, 2.75) is 45.7 Å². The highest BCUT2D eigenvalue weighted by molar-refractivity contribution is 7.99. The van der Waals surface area contributed by atoms with Crippen LogP contribution in [0.2, 0.25) is 0 Å².